The molecule has 3 rings (SSSR count). The van der Waals surface area contributed by atoms with Crippen LogP contribution >= 0.6 is 0 Å². The molecule has 1 heterocycles. The highest BCUT2D eigenvalue weighted by Gasteiger charge is 2.16. The molecular weight excluding hydrogens is 318 g/mol. The third kappa shape index (κ3) is 4.11. The first-order valence-electron chi connectivity index (χ1n) is 7.79. The third-order valence-corrected chi connectivity index (χ3v) is 3.56. The van der Waals surface area contributed by atoms with E-state index in [9.17, 15) is 9.59 Å². The first kappa shape index (κ1) is 16.4. The zero-order valence-corrected chi connectivity index (χ0v) is 13.7. The van der Waals surface area contributed by atoms with E-state index in [2.05, 4.69) is 10.6 Å². The number of carbonyl (C=O) groups excluding carboxylic acids is 2. The van der Waals surface area contributed by atoms with Gasteiger partial charge in [-0.1, -0.05) is 48.5 Å². The van der Waals surface area contributed by atoms with Crippen LogP contribution in [0.15, 0.2) is 66.7 Å². The normalized spacial score (nSPS) is 10.3. The minimum Gasteiger partial charge on any atom is -0.334 e. The second-order valence-electron chi connectivity index (χ2n) is 5.50. The summed E-state index contributed by atoms with van der Waals surface area (Å²) >= 11 is 0. The molecule has 1 N–H and O–H groups in total. The summed E-state index contributed by atoms with van der Waals surface area (Å²) in [5, 5.41) is 4.23. The Kier molecular flexibility index (Phi) is 4.89. The molecule has 0 unspecified atom stereocenters. The van der Waals surface area contributed by atoms with Crippen LogP contribution in [0.3, 0.4) is 0 Å². The first-order valence-corrected chi connectivity index (χ1v) is 7.79. The fourth-order valence-corrected chi connectivity index (χ4v) is 2.38. The highest BCUT2D eigenvalue weighted by molar-refractivity contribution is 5.89. The van der Waals surface area contributed by atoms with Crippen LogP contribution in [-0.2, 0) is 16.1 Å². The molecule has 0 aliphatic heterocycles. The maximum Gasteiger partial charge on any atom is 0.383 e. The molecule has 6 heteroatoms. The molecule has 2 aromatic carbocycles. The first-order chi connectivity index (χ1) is 12.1. The van der Waals surface area contributed by atoms with Crippen LogP contribution in [-0.4, -0.2) is 21.7 Å². The van der Waals surface area contributed by atoms with Crippen LogP contribution in [0.25, 0.3) is 5.69 Å². The summed E-state index contributed by atoms with van der Waals surface area (Å²) in [6.45, 7) is 1.84. The molecule has 0 aliphatic carbocycles. The van der Waals surface area contributed by atoms with Gasteiger partial charge in [-0.3, -0.25) is 4.79 Å². The fourth-order valence-electron chi connectivity index (χ4n) is 2.38. The Morgan fingerprint density at radius 1 is 1.04 bits per heavy atom. The van der Waals surface area contributed by atoms with Gasteiger partial charge in [0.15, 0.2) is 5.69 Å². The van der Waals surface area contributed by atoms with Crippen LogP contribution in [0.1, 0.15) is 21.7 Å². The van der Waals surface area contributed by atoms with Crippen molar-refractivity contribution in [2.45, 2.75) is 13.3 Å². The topological polar surface area (TPSA) is 73.2 Å². The number of carbonyl (C=O) groups is 2. The van der Waals surface area contributed by atoms with Gasteiger partial charge >= 0.3 is 5.97 Å². The van der Waals surface area contributed by atoms with Gasteiger partial charge in [0, 0.05) is 5.69 Å². The number of benzene rings is 2. The number of para-hydroxylation sites is 1. The number of nitrogens with one attached hydrogen (secondary N) is 1. The Morgan fingerprint density at radius 2 is 1.68 bits per heavy atom. The molecule has 6 nitrogen and oxygen atoms in total. The average molecular weight is 335 g/mol. The quantitative estimate of drug-likeness (QED) is 0.744. The van der Waals surface area contributed by atoms with Crippen LogP contribution < -0.4 is 5.48 Å². The predicted molar refractivity (Wildman–Crippen MR) is 92.0 cm³/mol. The van der Waals surface area contributed by atoms with Gasteiger partial charge in [-0.05, 0) is 30.7 Å². The SMILES string of the molecule is Cc1cc(C(=O)ONC(=O)Cc2ccccc2)nn1-c1ccccc1. The standard InChI is InChI=1S/C19H17N3O3/c1-14-12-17(20-22(14)16-10-6-3-7-11-16)19(24)25-21-18(23)13-15-8-4-2-5-9-15/h2-12H,13H2,1H3,(H,21,23). The molecule has 0 aliphatic rings. The van der Waals surface area contributed by atoms with Crippen molar-refractivity contribution in [3.63, 3.8) is 0 Å². The summed E-state index contributed by atoms with van der Waals surface area (Å²) in [6, 6.07) is 20.3. The Balaban J connectivity index is 1.61. The Labute approximate surface area is 145 Å². The van der Waals surface area contributed by atoms with Crippen molar-refractivity contribution in [3.05, 3.63) is 83.7 Å². The van der Waals surface area contributed by atoms with Gasteiger partial charge < -0.3 is 4.84 Å². The summed E-state index contributed by atoms with van der Waals surface area (Å²) < 4.78 is 1.64. The maximum atomic E-state index is 12.1. The van der Waals surface area contributed by atoms with Crippen molar-refractivity contribution in [1.82, 2.24) is 15.3 Å². The number of hydroxylamine groups is 1. The van der Waals surface area contributed by atoms with Gasteiger partial charge in [0.05, 0.1) is 12.1 Å². The lowest BCUT2D eigenvalue weighted by Crippen LogP contribution is -2.28. The molecule has 0 radical (unpaired) electrons. The van der Waals surface area contributed by atoms with E-state index in [1.807, 2.05) is 67.6 Å². The minimum atomic E-state index is -0.709. The van der Waals surface area contributed by atoms with Crippen molar-refractivity contribution in [2.24, 2.45) is 0 Å². The van der Waals surface area contributed by atoms with Crippen molar-refractivity contribution >= 4 is 11.9 Å². The number of aryl methyl sites for hydroxylation is 1. The molecule has 0 bridgehead atoms. The minimum absolute atomic E-state index is 0.126. The molecule has 1 amide bonds. The van der Waals surface area contributed by atoms with Gasteiger partial charge in [-0.15, -0.1) is 0 Å². The van der Waals surface area contributed by atoms with E-state index in [0.717, 1.165) is 16.9 Å². The maximum absolute atomic E-state index is 12.1. The predicted octanol–water partition coefficient (Wildman–Crippen LogP) is 2.61. The Hall–Kier alpha value is -3.41. The Bertz CT molecular complexity index is 873. The lowest BCUT2D eigenvalue weighted by molar-refractivity contribution is -0.129. The Morgan fingerprint density at radius 3 is 2.36 bits per heavy atom. The van der Waals surface area contributed by atoms with Crippen molar-refractivity contribution in [1.29, 1.82) is 0 Å². The van der Waals surface area contributed by atoms with Gasteiger partial charge in [-0.2, -0.15) is 10.6 Å². The molecule has 1 aromatic heterocycles. The van der Waals surface area contributed by atoms with E-state index >= 15 is 0 Å². The molecule has 126 valence electrons. The van der Waals surface area contributed by atoms with Crippen molar-refractivity contribution in [3.8, 4) is 5.69 Å². The van der Waals surface area contributed by atoms with Gasteiger partial charge in [0.1, 0.15) is 0 Å². The van der Waals surface area contributed by atoms with Crippen molar-refractivity contribution in [2.75, 3.05) is 0 Å². The smallest absolute Gasteiger partial charge is 0.334 e. The highest BCUT2D eigenvalue weighted by Crippen LogP contribution is 2.12. The summed E-state index contributed by atoms with van der Waals surface area (Å²) in [6.07, 6.45) is 0.131. The summed E-state index contributed by atoms with van der Waals surface area (Å²) in [7, 11) is 0. The van der Waals surface area contributed by atoms with Crippen LogP contribution in [0.4, 0.5) is 0 Å². The van der Waals surface area contributed by atoms with E-state index < -0.39 is 11.9 Å². The largest absolute Gasteiger partial charge is 0.383 e. The lowest BCUT2D eigenvalue weighted by atomic mass is 10.1. The van der Waals surface area contributed by atoms with E-state index in [1.165, 1.54) is 0 Å². The monoisotopic (exact) mass is 335 g/mol. The van der Waals surface area contributed by atoms with E-state index in [0.29, 0.717) is 0 Å². The van der Waals surface area contributed by atoms with E-state index in [4.69, 9.17) is 4.84 Å². The third-order valence-electron chi connectivity index (χ3n) is 3.56. The molecule has 0 fully saturated rings. The van der Waals surface area contributed by atoms with Crippen LogP contribution in [0.2, 0.25) is 0 Å². The average Bonchev–Trinajstić information content (AvgIpc) is 3.03. The summed E-state index contributed by atoms with van der Waals surface area (Å²) in [4.78, 5) is 28.8. The number of nitrogens with zero attached hydrogens (tertiary/aromatic N) is 2. The zero-order valence-electron chi connectivity index (χ0n) is 13.7. The number of rotatable bonds is 4. The van der Waals surface area contributed by atoms with Crippen LogP contribution in [0.5, 0.6) is 0 Å². The molecule has 0 atom stereocenters. The van der Waals surface area contributed by atoms with Crippen molar-refractivity contribution < 1.29 is 14.4 Å². The van der Waals surface area contributed by atoms with Gasteiger partial charge in [0.25, 0.3) is 5.91 Å². The summed E-state index contributed by atoms with van der Waals surface area (Å²) in [5.41, 5.74) is 4.75. The number of aromatic nitrogens is 2. The van der Waals surface area contributed by atoms with E-state index in [1.54, 1.807) is 10.7 Å². The van der Waals surface area contributed by atoms with Crippen LogP contribution in [0, 0.1) is 6.92 Å². The zero-order chi connectivity index (χ0) is 17.6. The lowest BCUT2D eigenvalue weighted by Gasteiger charge is -2.05. The molecule has 25 heavy (non-hydrogen) atoms. The molecular formula is C19H17N3O3. The van der Waals surface area contributed by atoms with Gasteiger partial charge in [-0.25, -0.2) is 9.48 Å². The molecule has 3 aromatic rings. The summed E-state index contributed by atoms with van der Waals surface area (Å²) in [5.74, 6) is -1.11. The molecule has 0 saturated carbocycles. The highest BCUT2D eigenvalue weighted by atomic mass is 16.7. The fraction of sp³-hybridized carbons (Fsp3) is 0.105. The second-order valence-corrected chi connectivity index (χ2v) is 5.50. The molecule has 0 saturated heterocycles. The van der Waals surface area contributed by atoms with E-state index in [-0.39, 0.29) is 12.1 Å². The number of hydrogen-bond acceptors (Lipinski definition) is 4. The second kappa shape index (κ2) is 7.44. The number of amides is 1. The molecule has 0 spiro atoms. The number of hydrogen-bond donors (Lipinski definition) is 1. The van der Waals surface area contributed by atoms with Gasteiger partial charge in [0.2, 0.25) is 0 Å².